The predicted molar refractivity (Wildman–Crippen MR) is 214 cm³/mol. The maximum atomic E-state index is 8.50. The van der Waals surface area contributed by atoms with Crippen LogP contribution in [0.3, 0.4) is 0 Å². The number of anilines is 3. The van der Waals surface area contributed by atoms with Gasteiger partial charge in [0.1, 0.15) is 5.00 Å². The van der Waals surface area contributed by atoms with E-state index in [2.05, 4.69) is 72.8 Å². The summed E-state index contributed by atoms with van der Waals surface area (Å²) in [5, 5.41) is 3.37. The lowest BCUT2D eigenvalue weighted by Crippen LogP contribution is -2.08. The normalized spacial score (nSPS) is 14.1. The molecule has 0 saturated carbocycles. The lowest BCUT2D eigenvalue weighted by Gasteiger charge is -2.24. The molecule has 9 aromatic rings. The monoisotopic (exact) mass is 671 g/mol. The Bertz CT molecular complexity index is 2930. The number of rotatable bonds is 7. The summed E-state index contributed by atoms with van der Waals surface area (Å²) >= 11 is 3.38. The van der Waals surface area contributed by atoms with E-state index in [1.54, 1.807) is 46.9 Å². The lowest BCUT2D eigenvalue weighted by molar-refractivity contribution is 1.32. The summed E-state index contributed by atoms with van der Waals surface area (Å²) < 4.78 is 85.2. The van der Waals surface area contributed by atoms with Crippen molar-refractivity contribution in [3.05, 3.63) is 188 Å². The topological polar surface area (TPSA) is 3.24 Å². The second-order valence-electron chi connectivity index (χ2n) is 11.5. The molecule has 0 aliphatic heterocycles. The number of hydrogen-bond acceptors (Lipinski definition) is 3. The van der Waals surface area contributed by atoms with Gasteiger partial charge in [0.15, 0.2) is 0 Å². The average molecular weight is 672 g/mol. The van der Waals surface area contributed by atoms with Crippen molar-refractivity contribution in [1.82, 2.24) is 0 Å². The van der Waals surface area contributed by atoms with Crippen LogP contribution in [0, 0.1) is 0 Å². The van der Waals surface area contributed by atoms with Crippen LogP contribution in [0.2, 0.25) is 0 Å². The quantitative estimate of drug-likeness (QED) is 0.163. The highest BCUT2D eigenvalue weighted by Crippen LogP contribution is 2.43. The first kappa shape index (κ1) is 20.6. The fourth-order valence-corrected chi connectivity index (χ4v) is 8.22. The largest absolute Gasteiger partial charge is 0.302 e. The molecule has 0 aliphatic carbocycles. The SMILES string of the molecule is [2H]c1c([2H])c([2H])c(-c2ccc(N(c3ccc(-c4c([2H])c([2H])c([2H])c([2H])c4[2H])cc3)c3ccc(-c4ccc(-c5ccc6sc7ccccc7c6c5)cc4)s3)cc2)c([2H])c1[2H]. The molecule has 0 N–H and O–H groups in total. The highest BCUT2D eigenvalue weighted by atomic mass is 32.1. The van der Waals surface area contributed by atoms with Crippen molar-refractivity contribution in [3.63, 3.8) is 0 Å². The molecule has 9 rings (SSSR count). The van der Waals surface area contributed by atoms with Crippen LogP contribution >= 0.6 is 22.7 Å². The Balaban J connectivity index is 1.09. The van der Waals surface area contributed by atoms with Gasteiger partial charge in [0.2, 0.25) is 0 Å². The van der Waals surface area contributed by atoms with Gasteiger partial charge in [-0.15, -0.1) is 22.7 Å². The van der Waals surface area contributed by atoms with Gasteiger partial charge in [-0.25, -0.2) is 0 Å². The number of nitrogens with zero attached hydrogens (tertiary/aromatic N) is 1. The van der Waals surface area contributed by atoms with Crippen molar-refractivity contribution in [2.24, 2.45) is 0 Å². The number of hydrogen-bond donors (Lipinski definition) is 0. The van der Waals surface area contributed by atoms with Crippen LogP contribution < -0.4 is 4.90 Å². The van der Waals surface area contributed by atoms with Gasteiger partial charge in [-0.2, -0.15) is 0 Å². The van der Waals surface area contributed by atoms with Gasteiger partial charge in [-0.3, -0.25) is 0 Å². The minimum absolute atomic E-state index is 0.113. The second kappa shape index (κ2) is 12.7. The Morgan fingerprint density at radius 1 is 0.388 bits per heavy atom. The van der Waals surface area contributed by atoms with E-state index in [1.807, 2.05) is 35.2 Å². The van der Waals surface area contributed by atoms with Crippen LogP contribution in [0.5, 0.6) is 0 Å². The van der Waals surface area contributed by atoms with E-state index in [4.69, 9.17) is 13.7 Å². The molecule has 0 unspecified atom stereocenters. The fourth-order valence-electron chi connectivity index (χ4n) is 6.08. The molecule has 0 bridgehead atoms. The number of fused-ring (bicyclic) bond motifs is 3. The molecule has 0 radical (unpaired) electrons. The van der Waals surface area contributed by atoms with Crippen molar-refractivity contribution in [2.45, 2.75) is 0 Å². The third kappa shape index (κ3) is 5.74. The summed E-state index contributed by atoms with van der Waals surface area (Å²) in [7, 11) is 0. The van der Waals surface area contributed by atoms with Crippen LogP contribution in [0.25, 0.3) is 64.0 Å². The van der Waals surface area contributed by atoms with E-state index in [9.17, 15) is 0 Å². The highest BCUT2D eigenvalue weighted by molar-refractivity contribution is 7.25. The van der Waals surface area contributed by atoms with Gasteiger partial charge in [-0.1, -0.05) is 133 Å². The third-order valence-electron chi connectivity index (χ3n) is 8.52. The Labute approximate surface area is 308 Å². The minimum atomic E-state index is -0.449. The molecule has 1 nitrogen and oxygen atoms in total. The average Bonchev–Trinajstić information content (AvgIpc) is 3.90. The molecule has 0 amide bonds. The lowest BCUT2D eigenvalue weighted by atomic mass is 10.0. The first-order valence-corrected chi connectivity index (χ1v) is 17.3. The molecule has 3 heteroatoms. The Kier molecular flexibility index (Phi) is 5.34. The van der Waals surface area contributed by atoms with Crippen molar-refractivity contribution in [2.75, 3.05) is 4.90 Å². The van der Waals surface area contributed by atoms with E-state index >= 15 is 0 Å². The zero-order chi connectivity index (χ0) is 41.3. The van der Waals surface area contributed by atoms with Gasteiger partial charge in [0.05, 0.1) is 13.7 Å². The van der Waals surface area contributed by atoms with Crippen LogP contribution in [0.1, 0.15) is 13.7 Å². The van der Waals surface area contributed by atoms with Gasteiger partial charge < -0.3 is 4.90 Å². The Morgan fingerprint density at radius 2 is 0.898 bits per heavy atom. The van der Waals surface area contributed by atoms with Gasteiger partial charge in [-0.05, 0) is 93.5 Å². The summed E-state index contributed by atoms with van der Waals surface area (Å²) in [6, 6.07) is 38.4. The zero-order valence-corrected chi connectivity index (χ0v) is 27.5. The van der Waals surface area contributed by atoms with E-state index < -0.39 is 36.3 Å². The van der Waals surface area contributed by atoms with Crippen molar-refractivity contribution in [1.29, 1.82) is 0 Å². The molecular weight excluding hydrogens is 631 g/mol. The standard InChI is InChI=1S/C46H31NS2/c1-3-9-32(10-4-1)34-19-24-39(25-20-34)47(40-26-21-35(22-27-40)33-11-5-2-6-12-33)46-30-29-43(49-46)37-17-15-36(16-18-37)38-23-28-45-42(31-38)41-13-7-8-14-44(41)48-45/h1-31H/i1D,2D,3D,4D,5D,6D,9D,10D,11D,12D. The van der Waals surface area contributed by atoms with E-state index in [0.717, 1.165) is 37.9 Å². The van der Waals surface area contributed by atoms with Crippen LogP contribution in [0.15, 0.2) is 188 Å². The van der Waals surface area contributed by atoms with E-state index in [0.29, 0.717) is 11.1 Å². The molecule has 0 fully saturated rings. The second-order valence-corrected chi connectivity index (χ2v) is 13.6. The Morgan fingerprint density at radius 3 is 1.53 bits per heavy atom. The Hall–Kier alpha value is -5.74. The molecule has 0 atom stereocenters. The molecular formula is C46H31NS2. The first-order valence-electron chi connectivity index (χ1n) is 20.7. The summed E-state index contributed by atoms with van der Waals surface area (Å²) in [6.45, 7) is 0. The predicted octanol–water partition coefficient (Wildman–Crippen LogP) is 14.3. The summed E-state index contributed by atoms with van der Waals surface area (Å²) in [5.74, 6) is 0. The maximum Gasteiger partial charge on any atom is 0.101 e. The number of thiophene rings is 2. The van der Waals surface area contributed by atoms with Crippen LogP contribution in [0.4, 0.5) is 16.4 Å². The summed E-state index contributed by atoms with van der Waals surface area (Å²) in [4.78, 5) is 3.06. The van der Waals surface area contributed by atoms with E-state index in [1.165, 1.54) is 20.2 Å². The summed E-state index contributed by atoms with van der Waals surface area (Å²) in [6.07, 6.45) is 0. The van der Waals surface area contributed by atoms with Crippen molar-refractivity contribution in [3.8, 4) is 43.8 Å². The van der Waals surface area contributed by atoms with E-state index in [-0.39, 0.29) is 35.3 Å². The first-order chi connectivity index (χ1) is 28.4. The highest BCUT2D eigenvalue weighted by Gasteiger charge is 2.16. The number of benzene rings is 7. The zero-order valence-electron chi connectivity index (χ0n) is 35.9. The van der Waals surface area contributed by atoms with Crippen molar-refractivity contribution >= 4 is 59.2 Å². The van der Waals surface area contributed by atoms with Crippen LogP contribution in [-0.4, -0.2) is 0 Å². The molecule has 0 spiro atoms. The maximum absolute atomic E-state index is 8.50. The van der Waals surface area contributed by atoms with Gasteiger partial charge in [0, 0.05) is 36.4 Å². The van der Waals surface area contributed by atoms with Gasteiger partial charge in [0.25, 0.3) is 0 Å². The van der Waals surface area contributed by atoms with Crippen LogP contribution in [-0.2, 0) is 0 Å². The smallest absolute Gasteiger partial charge is 0.101 e. The fraction of sp³-hybridized carbons (Fsp3) is 0. The van der Waals surface area contributed by atoms with Crippen molar-refractivity contribution < 1.29 is 13.7 Å². The molecule has 49 heavy (non-hydrogen) atoms. The molecule has 2 heterocycles. The molecule has 2 aromatic heterocycles. The molecule has 232 valence electrons. The third-order valence-corrected chi connectivity index (χ3v) is 10.8. The summed E-state index contributed by atoms with van der Waals surface area (Å²) in [5.41, 5.74) is 5.94. The minimum Gasteiger partial charge on any atom is -0.302 e. The van der Waals surface area contributed by atoms with Gasteiger partial charge >= 0.3 is 0 Å². The molecule has 0 saturated heterocycles. The molecule has 0 aliphatic rings. The molecule has 7 aromatic carbocycles.